The number of aromatic nitrogens is 1. The summed E-state index contributed by atoms with van der Waals surface area (Å²) in [5.74, 6) is -0.204. The molecule has 1 heterocycles. The topological polar surface area (TPSA) is 59.1 Å². The summed E-state index contributed by atoms with van der Waals surface area (Å²) in [4.78, 5) is 3.53. The van der Waals surface area contributed by atoms with Gasteiger partial charge in [-0.3, -0.25) is 0 Å². The zero-order valence-electron chi connectivity index (χ0n) is 5.43. The van der Waals surface area contributed by atoms with E-state index in [1.54, 1.807) is 13.0 Å². The molecule has 3 N–H and O–H groups in total. The van der Waals surface area contributed by atoms with Gasteiger partial charge in [0.2, 0.25) is 5.88 Å². The molecule has 0 atom stereocenters. The van der Waals surface area contributed by atoms with Crippen molar-refractivity contribution in [3.8, 4) is 5.88 Å². The molecular formula is C6H7ClN2O. The van der Waals surface area contributed by atoms with Crippen LogP contribution in [0.5, 0.6) is 5.88 Å². The van der Waals surface area contributed by atoms with Crippen molar-refractivity contribution in [2.24, 2.45) is 0 Å². The molecule has 0 unspecified atom stereocenters. The van der Waals surface area contributed by atoms with Gasteiger partial charge in [-0.05, 0) is 18.6 Å². The molecule has 0 saturated carbocycles. The van der Waals surface area contributed by atoms with Crippen LogP contribution in [0.1, 0.15) is 5.56 Å². The normalized spacial score (nSPS) is 9.80. The molecule has 10 heavy (non-hydrogen) atoms. The van der Waals surface area contributed by atoms with E-state index in [0.717, 1.165) is 5.56 Å². The lowest BCUT2D eigenvalue weighted by atomic mass is 10.2. The Balaban J connectivity index is 3.31. The van der Waals surface area contributed by atoms with Crippen LogP contribution in [0, 0.1) is 6.92 Å². The van der Waals surface area contributed by atoms with E-state index >= 15 is 0 Å². The second-order valence-corrected chi connectivity index (χ2v) is 2.39. The maximum absolute atomic E-state index is 8.96. The lowest BCUT2D eigenvalue weighted by molar-refractivity contribution is 0.456. The van der Waals surface area contributed by atoms with Crippen molar-refractivity contribution in [2.75, 3.05) is 5.73 Å². The number of hydrogen-bond donors (Lipinski definition) is 2. The van der Waals surface area contributed by atoms with Gasteiger partial charge in [0.25, 0.3) is 0 Å². The summed E-state index contributed by atoms with van der Waals surface area (Å²) in [5, 5.41) is 9.21. The second kappa shape index (κ2) is 2.34. The Kier molecular flexibility index (Phi) is 1.68. The third kappa shape index (κ3) is 1.14. The van der Waals surface area contributed by atoms with Crippen LogP contribution < -0.4 is 5.73 Å². The van der Waals surface area contributed by atoms with Gasteiger partial charge in [0.15, 0.2) is 0 Å². The number of anilines is 1. The van der Waals surface area contributed by atoms with Crippen LogP contribution in [-0.2, 0) is 0 Å². The monoisotopic (exact) mass is 158 g/mol. The number of aryl methyl sites for hydroxylation is 1. The quantitative estimate of drug-likeness (QED) is 0.560. The average Bonchev–Trinajstić information content (AvgIpc) is 1.82. The molecule has 0 spiro atoms. The molecule has 0 fully saturated rings. The second-order valence-electron chi connectivity index (χ2n) is 2.00. The zero-order valence-corrected chi connectivity index (χ0v) is 6.18. The molecule has 0 bridgehead atoms. The molecule has 3 nitrogen and oxygen atoms in total. The molecule has 0 radical (unpaired) electrons. The number of hydrogen-bond acceptors (Lipinski definition) is 3. The number of nitrogens with two attached hydrogens (primary N) is 1. The fourth-order valence-corrected chi connectivity index (χ4v) is 0.870. The largest absolute Gasteiger partial charge is 0.492 e. The SMILES string of the molecule is Cc1cc(Cl)nc(O)c1N. The van der Waals surface area contributed by atoms with Gasteiger partial charge in [-0.2, -0.15) is 4.98 Å². The third-order valence-corrected chi connectivity index (χ3v) is 1.41. The van der Waals surface area contributed by atoms with Crippen LogP contribution in [0.2, 0.25) is 5.15 Å². The van der Waals surface area contributed by atoms with Gasteiger partial charge in [-0.1, -0.05) is 11.6 Å². The van der Waals surface area contributed by atoms with E-state index < -0.39 is 0 Å². The molecule has 4 heteroatoms. The maximum atomic E-state index is 8.96. The molecule has 54 valence electrons. The minimum absolute atomic E-state index is 0.204. The summed E-state index contributed by atoms with van der Waals surface area (Å²) in [7, 11) is 0. The molecular weight excluding hydrogens is 152 g/mol. The van der Waals surface area contributed by atoms with E-state index in [2.05, 4.69) is 4.98 Å². The van der Waals surface area contributed by atoms with Crippen LogP contribution in [0.3, 0.4) is 0 Å². The Labute approximate surface area is 63.5 Å². The van der Waals surface area contributed by atoms with Crippen LogP contribution >= 0.6 is 11.6 Å². The van der Waals surface area contributed by atoms with Crippen molar-refractivity contribution in [1.82, 2.24) is 4.98 Å². The molecule has 0 aliphatic rings. The predicted octanol–water partition coefficient (Wildman–Crippen LogP) is 1.33. The molecule has 1 aromatic heterocycles. The highest BCUT2D eigenvalue weighted by molar-refractivity contribution is 6.29. The van der Waals surface area contributed by atoms with Crippen LogP contribution in [0.15, 0.2) is 6.07 Å². The first-order chi connectivity index (χ1) is 4.61. The third-order valence-electron chi connectivity index (χ3n) is 1.21. The smallest absolute Gasteiger partial charge is 0.236 e. The van der Waals surface area contributed by atoms with Gasteiger partial charge in [0.1, 0.15) is 5.15 Å². The Bertz CT molecular complexity index is 239. The standard InChI is InChI=1S/C6H7ClN2O/c1-3-2-4(7)9-6(10)5(3)8/h2H,8H2,1H3,(H,9,10). The van der Waals surface area contributed by atoms with Crippen molar-refractivity contribution < 1.29 is 5.11 Å². The molecule has 0 amide bonds. The number of nitrogens with zero attached hydrogens (tertiary/aromatic N) is 1. The molecule has 1 rings (SSSR count). The van der Waals surface area contributed by atoms with Gasteiger partial charge in [-0.15, -0.1) is 0 Å². The van der Waals surface area contributed by atoms with E-state index in [9.17, 15) is 0 Å². The molecule has 0 aliphatic carbocycles. The highest BCUT2D eigenvalue weighted by Crippen LogP contribution is 2.23. The zero-order chi connectivity index (χ0) is 7.72. The molecule has 0 aliphatic heterocycles. The van der Waals surface area contributed by atoms with Crippen LogP contribution in [0.4, 0.5) is 5.69 Å². The Hall–Kier alpha value is -0.960. The maximum Gasteiger partial charge on any atom is 0.236 e. The van der Waals surface area contributed by atoms with E-state index in [0.29, 0.717) is 0 Å². The highest BCUT2D eigenvalue weighted by Gasteiger charge is 2.02. The van der Waals surface area contributed by atoms with Crippen molar-refractivity contribution in [3.63, 3.8) is 0 Å². The minimum atomic E-state index is -0.204. The molecule has 0 aromatic carbocycles. The van der Waals surface area contributed by atoms with Gasteiger partial charge in [0, 0.05) is 0 Å². The molecule has 1 aromatic rings. The van der Waals surface area contributed by atoms with Crippen LogP contribution in [0.25, 0.3) is 0 Å². The van der Waals surface area contributed by atoms with Gasteiger partial charge >= 0.3 is 0 Å². The molecule has 0 saturated heterocycles. The highest BCUT2D eigenvalue weighted by atomic mass is 35.5. The van der Waals surface area contributed by atoms with Gasteiger partial charge < -0.3 is 10.8 Å². The Morgan fingerprint density at radius 3 is 2.80 bits per heavy atom. The summed E-state index contributed by atoms with van der Waals surface area (Å²) in [6.07, 6.45) is 0. The number of rotatable bonds is 0. The first-order valence-corrected chi connectivity index (χ1v) is 3.10. The van der Waals surface area contributed by atoms with Crippen molar-refractivity contribution in [3.05, 3.63) is 16.8 Å². The minimum Gasteiger partial charge on any atom is -0.492 e. The summed E-state index contributed by atoms with van der Waals surface area (Å²) in [6.45, 7) is 1.75. The number of nitrogen functional groups attached to an aromatic ring is 1. The van der Waals surface area contributed by atoms with E-state index in [-0.39, 0.29) is 16.7 Å². The summed E-state index contributed by atoms with van der Waals surface area (Å²) < 4.78 is 0. The average molecular weight is 159 g/mol. The van der Waals surface area contributed by atoms with Gasteiger partial charge in [0.05, 0.1) is 5.69 Å². The van der Waals surface area contributed by atoms with Crippen molar-refractivity contribution in [1.29, 1.82) is 0 Å². The first-order valence-electron chi connectivity index (χ1n) is 2.73. The van der Waals surface area contributed by atoms with Crippen molar-refractivity contribution in [2.45, 2.75) is 6.92 Å². The van der Waals surface area contributed by atoms with Crippen molar-refractivity contribution >= 4 is 17.3 Å². The van der Waals surface area contributed by atoms with Gasteiger partial charge in [-0.25, -0.2) is 0 Å². The number of halogens is 1. The Morgan fingerprint density at radius 2 is 2.30 bits per heavy atom. The Morgan fingerprint density at radius 1 is 1.70 bits per heavy atom. The summed E-state index contributed by atoms with van der Waals surface area (Å²) in [5.41, 5.74) is 6.40. The first kappa shape index (κ1) is 7.15. The van der Waals surface area contributed by atoms with E-state index in [1.165, 1.54) is 0 Å². The lowest BCUT2D eigenvalue weighted by Gasteiger charge is -2.00. The number of pyridine rings is 1. The van der Waals surface area contributed by atoms with E-state index in [1.807, 2.05) is 0 Å². The van der Waals surface area contributed by atoms with E-state index in [4.69, 9.17) is 22.4 Å². The summed E-state index contributed by atoms with van der Waals surface area (Å²) in [6, 6.07) is 1.59. The fourth-order valence-electron chi connectivity index (χ4n) is 0.626. The van der Waals surface area contributed by atoms with Crippen LogP contribution in [-0.4, -0.2) is 10.1 Å². The lowest BCUT2D eigenvalue weighted by Crippen LogP contribution is -1.92. The fraction of sp³-hybridized carbons (Fsp3) is 0.167. The summed E-state index contributed by atoms with van der Waals surface area (Å²) >= 11 is 5.50. The predicted molar refractivity (Wildman–Crippen MR) is 40.1 cm³/mol. The number of aromatic hydroxyl groups is 1.